The molecule has 3 aliphatic carbocycles. The lowest BCUT2D eigenvalue weighted by atomic mass is 9.79. The maximum absolute atomic E-state index is 6.57. The van der Waals surface area contributed by atoms with Crippen LogP contribution in [-0.4, -0.2) is 0 Å². The number of fused-ring (bicyclic) bond motifs is 10. The minimum Gasteiger partial charge on any atom is -0.461 e. The van der Waals surface area contributed by atoms with Gasteiger partial charge in [-0.2, -0.15) is 0 Å². The molecule has 238 valence electrons. The molecule has 6 aromatic carbocycles. The van der Waals surface area contributed by atoms with Crippen LogP contribution in [0.1, 0.15) is 54.7 Å². The molecule has 2 heterocycles. The Labute approximate surface area is 290 Å². The molecule has 0 spiro atoms. The van der Waals surface area contributed by atoms with Gasteiger partial charge in [0.1, 0.15) is 22.7 Å². The summed E-state index contributed by atoms with van der Waals surface area (Å²) in [6, 6.07) is 35.4. The normalized spacial score (nSPS) is 18.5. The first kappa shape index (κ1) is 28.0. The molecule has 0 bridgehead atoms. The number of hydrogen-bond donors (Lipinski definition) is 0. The largest absolute Gasteiger partial charge is 0.461 e. The molecule has 0 radical (unpaired) electrons. The minimum absolute atomic E-state index is 0.153. The zero-order chi connectivity index (χ0) is 32.8. The van der Waals surface area contributed by atoms with E-state index < -0.39 is 0 Å². The Hall–Kier alpha value is -5.86. The molecule has 50 heavy (non-hydrogen) atoms. The molecule has 1 unspecified atom stereocenters. The van der Waals surface area contributed by atoms with Crippen LogP contribution in [0.5, 0.6) is 5.75 Å². The highest BCUT2D eigenvalue weighted by Crippen LogP contribution is 2.52. The van der Waals surface area contributed by atoms with E-state index in [4.69, 9.17) is 9.15 Å². The third-order valence-electron chi connectivity index (χ3n) is 11.5. The Balaban J connectivity index is 1.04. The van der Waals surface area contributed by atoms with E-state index in [1.165, 1.54) is 60.5 Å². The molecular weight excluding hydrogens is 609 g/mol. The van der Waals surface area contributed by atoms with Gasteiger partial charge < -0.3 is 9.15 Å². The lowest BCUT2D eigenvalue weighted by Crippen LogP contribution is -2.06. The second-order valence-corrected chi connectivity index (χ2v) is 14.2. The van der Waals surface area contributed by atoms with Gasteiger partial charge in [0, 0.05) is 27.6 Å². The fraction of sp³-hybridized carbons (Fsp3) is 0.125. The van der Waals surface area contributed by atoms with Gasteiger partial charge in [0.05, 0.1) is 0 Å². The predicted octanol–water partition coefficient (Wildman–Crippen LogP) is 13.3. The average molecular weight is 643 g/mol. The van der Waals surface area contributed by atoms with Crippen LogP contribution in [0.2, 0.25) is 0 Å². The standard InChI is InChI=1S/C48H34O2/c1-2-10-29(11-3-1)30-18-20-31(21-19-30)46-35-13-4-6-15-37(35)47(38-16-7-5-14-36(38)46)33-23-25-44-41(26-33)42-28-40-32(27-45(42)49-44)22-24-39-34-12-8-9-17-43(34)50-48(39)40/h1-2,4-10,12-18,20,22-25,27-28,41H,3,11,19,21,26H2. The summed E-state index contributed by atoms with van der Waals surface area (Å²) in [6.07, 6.45) is 21.4. The van der Waals surface area contributed by atoms with E-state index in [0.717, 1.165) is 76.3 Å². The summed E-state index contributed by atoms with van der Waals surface area (Å²) < 4.78 is 13.0. The lowest BCUT2D eigenvalue weighted by molar-refractivity contribution is 0.427. The fourth-order valence-electron chi connectivity index (χ4n) is 9.08. The molecule has 0 saturated carbocycles. The van der Waals surface area contributed by atoms with Crippen molar-refractivity contribution in [3.63, 3.8) is 0 Å². The van der Waals surface area contributed by atoms with Gasteiger partial charge in [0.15, 0.2) is 0 Å². The third kappa shape index (κ3) is 4.15. The fourth-order valence-corrected chi connectivity index (χ4v) is 9.08. The molecule has 0 fully saturated rings. The van der Waals surface area contributed by atoms with Gasteiger partial charge in [0.25, 0.3) is 0 Å². The van der Waals surface area contributed by atoms with E-state index in [1.807, 2.05) is 6.07 Å². The molecule has 4 aliphatic rings. The monoisotopic (exact) mass is 642 g/mol. The molecule has 0 N–H and O–H groups in total. The maximum atomic E-state index is 6.57. The first-order valence-corrected chi connectivity index (χ1v) is 17.9. The molecule has 0 saturated heterocycles. The molecular formula is C48H34O2. The number of allylic oxidation sites excluding steroid dienone is 12. The summed E-state index contributed by atoms with van der Waals surface area (Å²) >= 11 is 0. The Morgan fingerprint density at radius 2 is 1.18 bits per heavy atom. The molecule has 1 aromatic heterocycles. The van der Waals surface area contributed by atoms with Crippen molar-refractivity contribution >= 4 is 65.4 Å². The van der Waals surface area contributed by atoms with E-state index in [2.05, 4.69) is 134 Å². The summed E-state index contributed by atoms with van der Waals surface area (Å²) in [5, 5.41) is 9.92. The van der Waals surface area contributed by atoms with E-state index in [-0.39, 0.29) is 5.92 Å². The van der Waals surface area contributed by atoms with Crippen LogP contribution in [0.15, 0.2) is 161 Å². The second kappa shape index (κ2) is 10.8. The molecule has 1 atom stereocenters. The highest BCUT2D eigenvalue weighted by atomic mass is 16.5. The number of para-hydroxylation sites is 1. The first-order valence-electron chi connectivity index (χ1n) is 17.9. The molecule has 1 aliphatic heterocycles. The maximum Gasteiger partial charge on any atom is 0.143 e. The average Bonchev–Trinajstić information content (AvgIpc) is 3.74. The van der Waals surface area contributed by atoms with E-state index in [1.54, 1.807) is 0 Å². The van der Waals surface area contributed by atoms with Crippen LogP contribution < -0.4 is 4.74 Å². The smallest absolute Gasteiger partial charge is 0.143 e. The predicted molar refractivity (Wildman–Crippen MR) is 208 cm³/mol. The van der Waals surface area contributed by atoms with Crippen LogP contribution >= 0.6 is 0 Å². The Morgan fingerprint density at radius 1 is 0.520 bits per heavy atom. The zero-order valence-corrected chi connectivity index (χ0v) is 27.7. The van der Waals surface area contributed by atoms with E-state index in [0.29, 0.717) is 0 Å². The van der Waals surface area contributed by atoms with Gasteiger partial charge >= 0.3 is 0 Å². The second-order valence-electron chi connectivity index (χ2n) is 14.2. The first-order chi connectivity index (χ1) is 24.8. The van der Waals surface area contributed by atoms with Crippen molar-refractivity contribution < 1.29 is 9.15 Å². The summed E-state index contributed by atoms with van der Waals surface area (Å²) in [5.41, 5.74) is 11.6. The molecule has 2 nitrogen and oxygen atoms in total. The molecule has 11 rings (SSSR count). The molecule has 0 amide bonds. The van der Waals surface area contributed by atoms with Crippen LogP contribution in [-0.2, 0) is 0 Å². The highest BCUT2D eigenvalue weighted by Gasteiger charge is 2.34. The van der Waals surface area contributed by atoms with Gasteiger partial charge in [-0.25, -0.2) is 0 Å². The van der Waals surface area contributed by atoms with Gasteiger partial charge in [-0.1, -0.05) is 109 Å². The van der Waals surface area contributed by atoms with Gasteiger partial charge in [0.2, 0.25) is 0 Å². The third-order valence-corrected chi connectivity index (χ3v) is 11.5. The van der Waals surface area contributed by atoms with Gasteiger partial charge in [-0.3, -0.25) is 0 Å². The van der Waals surface area contributed by atoms with Crippen molar-refractivity contribution in [2.75, 3.05) is 0 Å². The topological polar surface area (TPSA) is 22.4 Å². The minimum atomic E-state index is 0.153. The summed E-state index contributed by atoms with van der Waals surface area (Å²) in [5.74, 6) is 2.14. The van der Waals surface area contributed by atoms with E-state index in [9.17, 15) is 0 Å². The number of hydrogen-bond acceptors (Lipinski definition) is 2. The quantitative estimate of drug-likeness (QED) is 0.179. The number of ether oxygens (including phenoxy) is 1. The summed E-state index contributed by atoms with van der Waals surface area (Å²) in [4.78, 5) is 0. The van der Waals surface area contributed by atoms with Crippen molar-refractivity contribution in [1.29, 1.82) is 0 Å². The SMILES string of the molecule is C1=CCCC(C2=CC=C(c3c4ccccc4c(C4=CC=C5Oc6cc7ccc8c9ccccc9oc8c7cc6C5C4)c4ccccc34)CC2)=C1. The van der Waals surface area contributed by atoms with Crippen LogP contribution in [0.25, 0.3) is 65.4 Å². The molecule has 2 heteroatoms. The van der Waals surface area contributed by atoms with Crippen LogP contribution in [0.4, 0.5) is 0 Å². The Morgan fingerprint density at radius 3 is 1.90 bits per heavy atom. The van der Waals surface area contributed by atoms with Gasteiger partial charge in [-0.15, -0.1) is 0 Å². The number of furan rings is 1. The Bertz CT molecular complexity index is 2750. The van der Waals surface area contributed by atoms with Crippen molar-refractivity contribution in [2.24, 2.45) is 0 Å². The van der Waals surface area contributed by atoms with E-state index >= 15 is 0 Å². The number of rotatable bonds is 3. The van der Waals surface area contributed by atoms with Crippen molar-refractivity contribution in [3.05, 3.63) is 173 Å². The van der Waals surface area contributed by atoms with Crippen LogP contribution in [0.3, 0.4) is 0 Å². The van der Waals surface area contributed by atoms with Gasteiger partial charge in [-0.05, 0) is 123 Å². The highest BCUT2D eigenvalue weighted by molar-refractivity contribution is 6.17. The van der Waals surface area contributed by atoms with Crippen molar-refractivity contribution in [3.8, 4) is 5.75 Å². The zero-order valence-electron chi connectivity index (χ0n) is 27.7. The van der Waals surface area contributed by atoms with Crippen LogP contribution in [0, 0.1) is 0 Å². The number of benzene rings is 6. The molecule has 7 aromatic rings. The van der Waals surface area contributed by atoms with Crippen molar-refractivity contribution in [1.82, 2.24) is 0 Å². The summed E-state index contributed by atoms with van der Waals surface area (Å²) in [6.45, 7) is 0. The Kier molecular flexibility index (Phi) is 6.07. The summed E-state index contributed by atoms with van der Waals surface area (Å²) in [7, 11) is 0. The van der Waals surface area contributed by atoms with Crippen molar-refractivity contribution in [2.45, 2.75) is 38.0 Å². The lowest BCUT2D eigenvalue weighted by Gasteiger charge is -2.25.